The summed E-state index contributed by atoms with van der Waals surface area (Å²) in [5.74, 6) is 0. The number of halogens is 5. The molecule has 6 heteroatoms. The number of nitrogens with two attached hydrogens (primary N) is 1. The Morgan fingerprint density at radius 1 is 1.17 bits per heavy atom. The van der Waals surface area contributed by atoms with Crippen molar-refractivity contribution in [1.82, 2.24) is 0 Å². The summed E-state index contributed by atoms with van der Waals surface area (Å²) in [5, 5.41) is -0.303. The molecule has 0 bridgehead atoms. The molecule has 0 saturated carbocycles. The topological polar surface area (TPSA) is 26.0 Å². The van der Waals surface area contributed by atoms with Gasteiger partial charge in [0.05, 0.1) is 10.6 Å². The zero-order valence-electron chi connectivity index (χ0n) is 10.3. The molecular formula is C12H16Cl2F3N. The maximum atomic E-state index is 12.7. The highest BCUT2D eigenvalue weighted by Gasteiger charge is 2.35. The van der Waals surface area contributed by atoms with Crippen LogP contribution in [0.2, 0.25) is 5.02 Å². The molecule has 1 rings (SSSR count). The van der Waals surface area contributed by atoms with Crippen LogP contribution in [0.4, 0.5) is 13.2 Å². The minimum Gasteiger partial charge on any atom is -0.323 e. The zero-order valence-corrected chi connectivity index (χ0v) is 11.9. The molecule has 0 unspecified atom stereocenters. The average molecular weight is 302 g/mol. The van der Waals surface area contributed by atoms with Crippen molar-refractivity contribution in [1.29, 1.82) is 0 Å². The van der Waals surface area contributed by atoms with Crippen molar-refractivity contribution in [3.8, 4) is 0 Å². The van der Waals surface area contributed by atoms with Gasteiger partial charge in [-0.2, -0.15) is 13.2 Å². The Morgan fingerprint density at radius 2 is 1.67 bits per heavy atom. The minimum absolute atomic E-state index is 0. The normalized spacial score (nSPS) is 14.0. The predicted molar refractivity (Wildman–Crippen MR) is 70.1 cm³/mol. The lowest BCUT2D eigenvalue weighted by molar-refractivity contribution is -0.137. The zero-order chi connectivity index (χ0) is 13.4. The fourth-order valence-electron chi connectivity index (χ4n) is 1.48. The standard InChI is InChI=1S/C12H15ClF3N.ClH/c1-11(2,3)10(17)7-5-4-6-8(9(7)13)12(14,15)16;/h4-6,10H,17H2,1-3H3;1H/t10-;/m1./s1. The van der Waals surface area contributed by atoms with E-state index in [1.165, 1.54) is 12.1 Å². The molecule has 1 nitrogen and oxygen atoms in total. The van der Waals surface area contributed by atoms with E-state index < -0.39 is 17.8 Å². The monoisotopic (exact) mass is 301 g/mol. The van der Waals surface area contributed by atoms with E-state index in [0.29, 0.717) is 5.56 Å². The van der Waals surface area contributed by atoms with Gasteiger partial charge in [-0.05, 0) is 17.0 Å². The Morgan fingerprint density at radius 3 is 2.06 bits per heavy atom. The number of rotatable bonds is 1. The van der Waals surface area contributed by atoms with Crippen molar-refractivity contribution in [2.45, 2.75) is 33.0 Å². The third-order valence-corrected chi connectivity index (χ3v) is 3.02. The van der Waals surface area contributed by atoms with Crippen LogP contribution in [0.1, 0.15) is 37.9 Å². The van der Waals surface area contributed by atoms with Crippen LogP contribution in [0, 0.1) is 5.41 Å². The number of benzene rings is 1. The molecular weight excluding hydrogens is 286 g/mol. The van der Waals surface area contributed by atoms with Gasteiger partial charge in [0.25, 0.3) is 0 Å². The number of hydrogen-bond donors (Lipinski definition) is 1. The van der Waals surface area contributed by atoms with E-state index in [1.807, 2.05) is 20.8 Å². The first-order valence-electron chi connectivity index (χ1n) is 5.16. The Kier molecular flexibility index (Phi) is 5.54. The lowest BCUT2D eigenvalue weighted by atomic mass is 9.82. The van der Waals surface area contributed by atoms with E-state index in [2.05, 4.69) is 0 Å². The van der Waals surface area contributed by atoms with Gasteiger partial charge in [0.2, 0.25) is 0 Å². The maximum absolute atomic E-state index is 12.7. The molecule has 0 heterocycles. The quantitative estimate of drug-likeness (QED) is 0.790. The summed E-state index contributed by atoms with van der Waals surface area (Å²) < 4.78 is 38.0. The third-order valence-electron chi connectivity index (χ3n) is 2.60. The second-order valence-corrected chi connectivity index (χ2v) is 5.43. The molecule has 0 aromatic heterocycles. The van der Waals surface area contributed by atoms with Crippen molar-refractivity contribution in [3.05, 3.63) is 34.3 Å². The molecule has 1 atom stereocenters. The van der Waals surface area contributed by atoms with E-state index in [-0.39, 0.29) is 22.8 Å². The summed E-state index contributed by atoms with van der Waals surface area (Å²) in [4.78, 5) is 0. The van der Waals surface area contributed by atoms with E-state index >= 15 is 0 Å². The van der Waals surface area contributed by atoms with Gasteiger partial charge < -0.3 is 5.73 Å². The van der Waals surface area contributed by atoms with Gasteiger partial charge in [0, 0.05) is 6.04 Å². The third kappa shape index (κ3) is 3.77. The van der Waals surface area contributed by atoms with Gasteiger partial charge in [-0.15, -0.1) is 12.4 Å². The highest BCUT2D eigenvalue weighted by Crippen LogP contribution is 2.41. The Hall–Kier alpha value is -0.450. The Labute approximate surface area is 116 Å². The predicted octanol–water partition coefficient (Wildman–Crippen LogP) is 4.83. The molecule has 2 N–H and O–H groups in total. The van der Waals surface area contributed by atoms with Crippen molar-refractivity contribution in [2.75, 3.05) is 0 Å². The van der Waals surface area contributed by atoms with Crippen LogP contribution in [-0.2, 0) is 6.18 Å². The van der Waals surface area contributed by atoms with E-state index in [0.717, 1.165) is 6.07 Å². The lowest BCUT2D eigenvalue weighted by Gasteiger charge is -2.28. The fraction of sp³-hybridized carbons (Fsp3) is 0.500. The summed E-state index contributed by atoms with van der Waals surface area (Å²) >= 11 is 5.79. The summed E-state index contributed by atoms with van der Waals surface area (Å²) in [6.45, 7) is 5.57. The summed E-state index contributed by atoms with van der Waals surface area (Å²) in [5.41, 5.74) is 5.07. The molecule has 18 heavy (non-hydrogen) atoms. The molecule has 0 aliphatic carbocycles. The second kappa shape index (κ2) is 5.68. The van der Waals surface area contributed by atoms with Crippen LogP contribution in [0.3, 0.4) is 0 Å². The SMILES string of the molecule is CC(C)(C)[C@H](N)c1cccc(C(F)(F)F)c1Cl.Cl. The maximum Gasteiger partial charge on any atom is 0.417 e. The van der Waals surface area contributed by atoms with Gasteiger partial charge in [-0.1, -0.05) is 44.5 Å². The van der Waals surface area contributed by atoms with Gasteiger partial charge in [0.1, 0.15) is 0 Å². The minimum atomic E-state index is -4.45. The molecule has 0 radical (unpaired) electrons. The second-order valence-electron chi connectivity index (χ2n) is 5.05. The molecule has 0 amide bonds. The van der Waals surface area contributed by atoms with Gasteiger partial charge in [0.15, 0.2) is 0 Å². The highest BCUT2D eigenvalue weighted by atomic mass is 35.5. The highest BCUT2D eigenvalue weighted by molar-refractivity contribution is 6.32. The van der Waals surface area contributed by atoms with E-state index in [1.54, 1.807) is 0 Å². The first-order valence-corrected chi connectivity index (χ1v) is 5.54. The molecule has 1 aromatic carbocycles. The summed E-state index contributed by atoms with van der Waals surface area (Å²) in [6, 6.07) is 3.28. The molecule has 1 aromatic rings. The summed E-state index contributed by atoms with van der Waals surface area (Å²) in [6.07, 6.45) is -4.45. The van der Waals surface area contributed by atoms with Crippen LogP contribution in [0.25, 0.3) is 0 Å². The summed E-state index contributed by atoms with van der Waals surface area (Å²) in [7, 11) is 0. The van der Waals surface area contributed by atoms with E-state index in [4.69, 9.17) is 17.3 Å². The van der Waals surface area contributed by atoms with Crippen molar-refractivity contribution in [2.24, 2.45) is 11.1 Å². The van der Waals surface area contributed by atoms with Crippen LogP contribution in [-0.4, -0.2) is 0 Å². The molecule has 0 aliphatic heterocycles. The molecule has 0 spiro atoms. The molecule has 0 fully saturated rings. The first kappa shape index (κ1) is 17.6. The molecule has 104 valence electrons. The average Bonchev–Trinajstić information content (AvgIpc) is 2.13. The Bertz CT molecular complexity index is 411. The van der Waals surface area contributed by atoms with Gasteiger partial charge in [-0.25, -0.2) is 0 Å². The van der Waals surface area contributed by atoms with Crippen LogP contribution in [0.5, 0.6) is 0 Å². The van der Waals surface area contributed by atoms with Gasteiger partial charge >= 0.3 is 6.18 Å². The smallest absolute Gasteiger partial charge is 0.323 e. The fourth-order valence-corrected chi connectivity index (χ4v) is 1.83. The Balaban J connectivity index is 0.00000289. The van der Waals surface area contributed by atoms with Crippen molar-refractivity contribution >= 4 is 24.0 Å². The largest absolute Gasteiger partial charge is 0.417 e. The number of alkyl halides is 3. The van der Waals surface area contributed by atoms with Crippen LogP contribution < -0.4 is 5.73 Å². The van der Waals surface area contributed by atoms with Crippen molar-refractivity contribution in [3.63, 3.8) is 0 Å². The van der Waals surface area contributed by atoms with Crippen LogP contribution in [0.15, 0.2) is 18.2 Å². The first-order chi connectivity index (χ1) is 7.55. The molecule has 0 aliphatic rings. The lowest BCUT2D eigenvalue weighted by Crippen LogP contribution is -2.27. The van der Waals surface area contributed by atoms with Crippen molar-refractivity contribution < 1.29 is 13.2 Å². The van der Waals surface area contributed by atoms with E-state index in [9.17, 15) is 13.2 Å². The van der Waals surface area contributed by atoms with Crippen LogP contribution >= 0.6 is 24.0 Å². The molecule has 0 saturated heterocycles. The van der Waals surface area contributed by atoms with Gasteiger partial charge in [-0.3, -0.25) is 0 Å². The number of hydrogen-bond acceptors (Lipinski definition) is 1.